The number of nitro benzene ring substituents is 1. The van der Waals surface area contributed by atoms with E-state index in [0.29, 0.717) is 25.1 Å². The van der Waals surface area contributed by atoms with Crippen molar-refractivity contribution in [2.45, 2.75) is 25.9 Å². The standard InChI is InChI=1S/C18H21N3O4S/c1-14(16-8-5-9-18(12-16)21(22)23)19(2)26(24,25)20-11-10-15-6-3-4-7-17(15)13-20/h3-9,12,14H,10-11,13H2,1-2H3. The van der Waals surface area contributed by atoms with Gasteiger partial charge in [0.15, 0.2) is 0 Å². The first kappa shape index (κ1) is 18.5. The van der Waals surface area contributed by atoms with Gasteiger partial charge in [0.1, 0.15) is 0 Å². The summed E-state index contributed by atoms with van der Waals surface area (Å²) in [6.07, 6.45) is 0.675. The maximum atomic E-state index is 13.0. The van der Waals surface area contributed by atoms with Crippen LogP contribution in [0.15, 0.2) is 48.5 Å². The highest BCUT2D eigenvalue weighted by Gasteiger charge is 2.33. The molecule has 0 saturated carbocycles. The van der Waals surface area contributed by atoms with Crippen LogP contribution in [0, 0.1) is 10.1 Å². The second-order valence-corrected chi connectivity index (χ2v) is 8.39. The highest BCUT2D eigenvalue weighted by atomic mass is 32.2. The summed E-state index contributed by atoms with van der Waals surface area (Å²) in [6, 6.07) is 13.4. The average molecular weight is 375 g/mol. The van der Waals surface area contributed by atoms with Crippen molar-refractivity contribution in [1.82, 2.24) is 8.61 Å². The molecule has 2 aromatic rings. The molecule has 1 atom stereocenters. The summed E-state index contributed by atoms with van der Waals surface area (Å²) in [6.45, 7) is 2.49. The van der Waals surface area contributed by atoms with Crippen LogP contribution in [0.5, 0.6) is 0 Å². The molecule has 1 heterocycles. The lowest BCUT2D eigenvalue weighted by Crippen LogP contribution is -2.45. The van der Waals surface area contributed by atoms with E-state index in [-0.39, 0.29) is 5.69 Å². The summed E-state index contributed by atoms with van der Waals surface area (Å²) in [7, 11) is -2.18. The second kappa shape index (κ2) is 7.14. The number of hydrogen-bond acceptors (Lipinski definition) is 4. The molecular weight excluding hydrogens is 354 g/mol. The van der Waals surface area contributed by atoms with E-state index in [4.69, 9.17) is 0 Å². The Morgan fingerprint density at radius 3 is 2.54 bits per heavy atom. The Bertz CT molecular complexity index is 930. The van der Waals surface area contributed by atoms with E-state index in [1.165, 1.54) is 33.4 Å². The largest absolute Gasteiger partial charge is 0.282 e. The normalized spacial score (nSPS) is 16.3. The van der Waals surface area contributed by atoms with Gasteiger partial charge in [-0.15, -0.1) is 0 Å². The van der Waals surface area contributed by atoms with Crippen LogP contribution in [0.25, 0.3) is 0 Å². The number of non-ortho nitro benzene ring substituents is 1. The predicted octanol–water partition coefficient (Wildman–Crippen LogP) is 2.89. The van der Waals surface area contributed by atoms with Gasteiger partial charge in [0.25, 0.3) is 15.9 Å². The van der Waals surface area contributed by atoms with E-state index in [0.717, 1.165) is 5.56 Å². The zero-order valence-electron chi connectivity index (χ0n) is 14.7. The Morgan fingerprint density at radius 1 is 1.15 bits per heavy atom. The molecule has 0 amide bonds. The van der Waals surface area contributed by atoms with E-state index >= 15 is 0 Å². The molecule has 0 aromatic heterocycles. The van der Waals surface area contributed by atoms with Crippen molar-refractivity contribution in [2.24, 2.45) is 0 Å². The van der Waals surface area contributed by atoms with Crippen LogP contribution in [0.3, 0.4) is 0 Å². The summed E-state index contributed by atoms with van der Waals surface area (Å²) in [5.41, 5.74) is 2.72. The first-order valence-electron chi connectivity index (χ1n) is 8.35. The topological polar surface area (TPSA) is 83.8 Å². The third-order valence-electron chi connectivity index (χ3n) is 4.89. The third kappa shape index (κ3) is 3.48. The molecule has 1 unspecified atom stereocenters. The van der Waals surface area contributed by atoms with Gasteiger partial charge in [0.2, 0.25) is 0 Å². The molecule has 0 saturated heterocycles. The summed E-state index contributed by atoms with van der Waals surface area (Å²) in [5.74, 6) is 0. The van der Waals surface area contributed by atoms with E-state index in [9.17, 15) is 18.5 Å². The van der Waals surface area contributed by atoms with Gasteiger partial charge < -0.3 is 0 Å². The van der Waals surface area contributed by atoms with Crippen molar-refractivity contribution in [3.8, 4) is 0 Å². The maximum absolute atomic E-state index is 13.0. The van der Waals surface area contributed by atoms with Crippen LogP contribution in [0.4, 0.5) is 5.69 Å². The smallest absolute Gasteiger partial charge is 0.258 e. The fraction of sp³-hybridized carbons (Fsp3) is 0.333. The molecule has 0 radical (unpaired) electrons. The minimum absolute atomic E-state index is 0.0490. The van der Waals surface area contributed by atoms with Crippen molar-refractivity contribution in [3.05, 3.63) is 75.3 Å². The van der Waals surface area contributed by atoms with Crippen molar-refractivity contribution in [1.29, 1.82) is 0 Å². The molecule has 26 heavy (non-hydrogen) atoms. The van der Waals surface area contributed by atoms with E-state index in [1.807, 2.05) is 24.3 Å². The van der Waals surface area contributed by atoms with Crippen molar-refractivity contribution in [3.63, 3.8) is 0 Å². The van der Waals surface area contributed by atoms with Gasteiger partial charge in [0.05, 0.1) is 4.92 Å². The average Bonchev–Trinajstić information content (AvgIpc) is 2.66. The molecule has 1 aliphatic rings. The predicted molar refractivity (Wildman–Crippen MR) is 98.8 cm³/mol. The molecule has 2 aromatic carbocycles. The van der Waals surface area contributed by atoms with Crippen molar-refractivity contribution >= 4 is 15.9 Å². The molecule has 0 aliphatic carbocycles. The van der Waals surface area contributed by atoms with Crippen LogP contribution < -0.4 is 0 Å². The molecule has 8 heteroatoms. The molecule has 138 valence electrons. The lowest BCUT2D eigenvalue weighted by Gasteiger charge is -2.34. The van der Waals surface area contributed by atoms with E-state index < -0.39 is 21.2 Å². The Morgan fingerprint density at radius 2 is 1.85 bits per heavy atom. The summed E-state index contributed by atoms with van der Waals surface area (Å²) in [4.78, 5) is 10.5. The van der Waals surface area contributed by atoms with Crippen LogP contribution in [0.1, 0.15) is 29.7 Å². The minimum Gasteiger partial charge on any atom is -0.258 e. The van der Waals surface area contributed by atoms with Gasteiger partial charge in [-0.05, 0) is 30.0 Å². The number of nitrogens with zero attached hydrogens (tertiary/aromatic N) is 3. The number of fused-ring (bicyclic) bond motifs is 1. The Kier molecular flexibility index (Phi) is 5.08. The SMILES string of the molecule is CC(c1cccc([N+](=O)[O-])c1)N(C)S(=O)(=O)N1CCc2ccccc2C1. The molecule has 1 aliphatic heterocycles. The Hall–Kier alpha value is -2.29. The van der Waals surface area contributed by atoms with Gasteiger partial charge in [0, 0.05) is 38.3 Å². The quantitative estimate of drug-likeness (QED) is 0.594. The zero-order chi connectivity index (χ0) is 18.9. The van der Waals surface area contributed by atoms with E-state index in [2.05, 4.69) is 0 Å². The van der Waals surface area contributed by atoms with Crippen molar-refractivity contribution < 1.29 is 13.3 Å². The number of rotatable bonds is 5. The zero-order valence-corrected chi connectivity index (χ0v) is 15.5. The molecule has 0 N–H and O–H groups in total. The molecule has 7 nitrogen and oxygen atoms in total. The number of benzene rings is 2. The molecule has 3 rings (SSSR count). The first-order valence-corrected chi connectivity index (χ1v) is 9.74. The molecule has 0 spiro atoms. The fourth-order valence-electron chi connectivity index (χ4n) is 3.16. The Labute approximate surface area is 153 Å². The highest BCUT2D eigenvalue weighted by Crippen LogP contribution is 2.28. The monoisotopic (exact) mass is 375 g/mol. The highest BCUT2D eigenvalue weighted by molar-refractivity contribution is 7.86. The summed E-state index contributed by atoms with van der Waals surface area (Å²) in [5, 5.41) is 11.0. The van der Waals surface area contributed by atoms with Gasteiger partial charge in [-0.1, -0.05) is 36.4 Å². The van der Waals surface area contributed by atoms with Crippen LogP contribution in [-0.2, 0) is 23.2 Å². The maximum Gasteiger partial charge on any atom is 0.282 e. The summed E-state index contributed by atoms with van der Waals surface area (Å²) < 4.78 is 28.8. The lowest BCUT2D eigenvalue weighted by atomic mass is 10.0. The van der Waals surface area contributed by atoms with E-state index in [1.54, 1.807) is 19.1 Å². The Balaban J connectivity index is 1.83. The van der Waals surface area contributed by atoms with Crippen molar-refractivity contribution in [2.75, 3.05) is 13.6 Å². The molecule has 0 fully saturated rings. The van der Waals surface area contributed by atoms with Gasteiger partial charge in [-0.2, -0.15) is 17.0 Å². The van der Waals surface area contributed by atoms with Gasteiger partial charge in [-0.3, -0.25) is 10.1 Å². The molecular formula is C18H21N3O4S. The minimum atomic E-state index is -3.69. The lowest BCUT2D eigenvalue weighted by molar-refractivity contribution is -0.384. The first-order chi connectivity index (χ1) is 12.3. The van der Waals surface area contributed by atoms with Crippen LogP contribution in [-0.4, -0.2) is 35.5 Å². The number of nitro groups is 1. The fourth-order valence-corrected chi connectivity index (χ4v) is 4.67. The van der Waals surface area contributed by atoms with Gasteiger partial charge in [-0.25, -0.2) is 0 Å². The van der Waals surface area contributed by atoms with Crippen LogP contribution >= 0.6 is 0 Å². The molecule has 0 bridgehead atoms. The second-order valence-electron chi connectivity index (χ2n) is 6.40. The third-order valence-corrected chi connectivity index (χ3v) is 6.90. The van der Waals surface area contributed by atoms with Crippen LogP contribution in [0.2, 0.25) is 0 Å². The van der Waals surface area contributed by atoms with Gasteiger partial charge >= 0.3 is 0 Å². The summed E-state index contributed by atoms with van der Waals surface area (Å²) >= 11 is 0. The number of hydrogen-bond donors (Lipinski definition) is 0.